The van der Waals surface area contributed by atoms with Crippen LogP contribution in [-0.2, 0) is 16.4 Å². The summed E-state index contributed by atoms with van der Waals surface area (Å²) in [5.74, 6) is 0. The number of benzene rings is 3. The second-order valence-corrected chi connectivity index (χ2v) is 9.47. The summed E-state index contributed by atoms with van der Waals surface area (Å²) in [4.78, 5) is 4.51. The number of nitrogens with zero attached hydrogens (tertiary/aromatic N) is 1. The van der Waals surface area contributed by atoms with E-state index < -0.39 is 10.1 Å². The molecule has 0 fully saturated rings. The van der Waals surface area contributed by atoms with Crippen LogP contribution in [0.1, 0.15) is 10.6 Å². The van der Waals surface area contributed by atoms with Crippen molar-refractivity contribution in [2.24, 2.45) is 6.26 Å². The summed E-state index contributed by atoms with van der Waals surface area (Å²) >= 11 is 0. The van der Waals surface area contributed by atoms with E-state index in [1.165, 1.54) is 38.1 Å². The Hall–Kier alpha value is -2.28. The van der Waals surface area contributed by atoms with E-state index in [1.54, 1.807) is 12.1 Å². The van der Waals surface area contributed by atoms with Gasteiger partial charge in [-0.3, -0.25) is 0 Å². The predicted molar refractivity (Wildman–Crippen MR) is 107 cm³/mol. The van der Waals surface area contributed by atoms with Crippen molar-refractivity contribution < 1.29 is 13.0 Å². The first-order valence-corrected chi connectivity index (χ1v) is 11.1. The van der Waals surface area contributed by atoms with E-state index in [2.05, 4.69) is 49.6 Å². The standard InChI is InChI=1S/C13H12NS.C7H8O3S/c1-9-14-13-11-6-4-3-5-10(11)7-8-12(13)15(9)2;1-6-2-4-7(5-3-6)11(8,9)10/h3-8H,1-2H3;2-5H,1H3,(H,8,9,10)/q+1;/p-1. The summed E-state index contributed by atoms with van der Waals surface area (Å²) in [6, 6.07) is 18.7. The molecular formula is C20H19NO3S2. The molecule has 0 aliphatic heterocycles. The zero-order valence-electron chi connectivity index (χ0n) is 14.8. The number of fused-ring (bicyclic) bond motifs is 3. The zero-order valence-corrected chi connectivity index (χ0v) is 16.4. The summed E-state index contributed by atoms with van der Waals surface area (Å²) in [7, 11) is -4.07. The molecule has 0 bridgehead atoms. The highest BCUT2D eigenvalue weighted by molar-refractivity contribution is 7.85. The molecule has 0 amide bonds. The summed E-state index contributed by atoms with van der Waals surface area (Å²) in [6.07, 6.45) is 2.25. The molecule has 0 aliphatic carbocycles. The SMILES string of the molecule is Cc1ccc(S(=O)(=O)[O-])cc1.Cc1nc2c3ccccc3ccc2[s+]1C. The first-order valence-electron chi connectivity index (χ1n) is 8.03. The first-order chi connectivity index (χ1) is 12.3. The molecule has 4 aromatic rings. The molecule has 6 heteroatoms. The molecule has 1 heterocycles. The molecule has 0 saturated carbocycles. The molecule has 1 aromatic heterocycles. The number of aromatic nitrogens is 1. The van der Waals surface area contributed by atoms with E-state index in [9.17, 15) is 13.0 Å². The molecule has 0 spiro atoms. The lowest BCUT2D eigenvalue weighted by Gasteiger charge is -2.05. The minimum Gasteiger partial charge on any atom is -0.744 e. The third kappa shape index (κ3) is 3.77. The lowest BCUT2D eigenvalue weighted by molar-refractivity contribution is 0.463. The molecule has 0 aliphatic rings. The minimum atomic E-state index is -4.27. The van der Waals surface area contributed by atoms with E-state index in [0.717, 1.165) is 5.56 Å². The Balaban J connectivity index is 0.000000160. The third-order valence-electron chi connectivity index (χ3n) is 4.22. The maximum absolute atomic E-state index is 10.4. The number of rotatable bonds is 1. The summed E-state index contributed by atoms with van der Waals surface area (Å²) in [6.45, 7) is 3.94. The molecule has 0 saturated heterocycles. The van der Waals surface area contributed by atoms with Gasteiger partial charge in [-0.2, -0.15) is 4.98 Å². The normalized spacial score (nSPS) is 12.1. The van der Waals surface area contributed by atoms with Gasteiger partial charge in [-0.1, -0.05) is 42.0 Å². The van der Waals surface area contributed by atoms with Gasteiger partial charge in [-0.15, -0.1) is 0 Å². The molecular weight excluding hydrogens is 366 g/mol. The van der Waals surface area contributed by atoms with Crippen LogP contribution >= 0.6 is 10.5 Å². The third-order valence-corrected chi connectivity index (χ3v) is 7.03. The van der Waals surface area contributed by atoms with Crippen LogP contribution in [0.5, 0.6) is 0 Å². The fourth-order valence-corrected chi connectivity index (χ4v) is 4.42. The van der Waals surface area contributed by atoms with Gasteiger partial charge < -0.3 is 4.55 Å². The van der Waals surface area contributed by atoms with Crippen LogP contribution in [0.2, 0.25) is 0 Å². The lowest BCUT2D eigenvalue weighted by Crippen LogP contribution is -1.97. The molecule has 0 N–H and O–H groups in total. The molecule has 4 rings (SSSR count). The van der Waals surface area contributed by atoms with Crippen LogP contribution in [-0.4, -0.2) is 18.0 Å². The van der Waals surface area contributed by atoms with Crippen LogP contribution in [0.4, 0.5) is 0 Å². The Morgan fingerprint density at radius 1 is 0.923 bits per heavy atom. The van der Waals surface area contributed by atoms with Crippen LogP contribution in [0, 0.1) is 13.8 Å². The first kappa shape index (κ1) is 18.5. The van der Waals surface area contributed by atoms with Crippen molar-refractivity contribution in [3.8, 4) is 0 Å². The van der Waals surface area contributed by atoms with Gasteiger partial charge in [-0.05, 0) is 30.5 Å². The van der Waals surface area contributed by atoms with Crippen molar-refractivity contribution in [2.45, 2.75) is 18.7 Å². The second kappa shape index (κ2) is 7.15. The van der Waals surface area contributed by atoms with Crippen molar-refractivity contribution in [1.82, 2.24) is 4.98 Å². The van der Waals surface area contributed by atoms with E-state index in [0.29, 0.717) is 0 Å². The number of thiazole rings is 1. The minimum absolute atomic E-state index is 0.178. The summed E-state index contributed by atoms with van der Waals surface area (Å²) in [5.41, 5.74) is 2.12. The highest BCUT2D eigenvalue weighted by Gasteiger charge is 2.16. The number of aryl methyl sites for hydroxylation is 3. The van der Waals surface area contributed by atoms with E-state index in [4.69, 9.17) is 4.98 Å². The predicted octanol–water partition coefficient (Wildman–Crippen LogP) is 4.88. The molecule has 134 valence electrons. The van der Waals surface area contributed by atoms with E-state index in [1.807, 2.05) is 6.92 Å². The van der Waals surface area contributed by atoms with Crippen LogP contribution < -0.4 is 0 Å². The quantitative estimate of drug-likeness (QED) is 0.346. The highest BCUT2D eigenvalue weighted by Crippen LogP contribution is 2.34. The van der Waals surface area contributed by atoms with Crippen LogP contribution in [0.3, 0.4) is 0 Å². The Kier molecular flexibility index (Phi) is 5.09. The topological polar surface area (TPSA) is 70.1 Å². The van der Waals surface area contributed by atoms with Gasteiger partial charge in [0.15, 0.2) is 0 Å². The van der Waals surface area contributed by atoms with Gasteiger partial charge >= 0.3 is 0 Å². The van der Waals surface area contributed by atoms with Gasteiger partial charge in [0.05, 0.1) is 4.90 Å². The largest absolute Gasteiger partial charge is 0.744 e. The smallest absolute Gasteiger partial charge is 0.239 e. The summed E-state index contributed by atoms with van der Waals surface area (Å²) in [5, 5.41) is 3.82. The lowest BCUT2D eigenvalue weighted by atomic mass is 10.1. The Labute approximate surface area is 155 Å². The Morgan fingerprint density at radius 2 is 1.58 bits per heavy atom. The Morgan fingerprint density at radius 3 is 2.23 bits per heavy atom. The molecule has 1 atom stereocenters. The molecule has 3 aromatic carbocycles. The fourth-order valence-electron chi connectivity index (χ4n) is 2.69. The van der Waals surface area contributed by atoms with Crippen LogP contribution in [0.15, 0.2) is 65.6 Å². The maximum Gasteiger partial charge on any atom is 0.239 e. The Bertz CT molecular complexity index is 1180. The average molecular weight is 386 g/mol. The monoisotopic (exact) mass is 385 g/mol. The maximum atomic E-state index is 10.4. The second-order valence-electron chi connectivity index (χ2n) is 6.04. The molecule has 0 radical (unpaired) electrons. The van der Waals surface area contributed by atoms with Crippen molar-refractivity contribution in [1.29, 1.82) is 0 Å². The van der Waals surface area contributed by atoms with Crippen LogP contribution in [0.25, 0.3) is 21.0 Å². The molecule has 26 heavy (non-hydrogen) atoms. The van der Waals surface area contributed by atoms with Gasteiger partial charge in [-0.25, -0.2) is 8.42 Å². The van der Waals surface area contributed by atoms with Crippen molar-refractivity contribution >= 4 is 41.6 Å². The zero-order chi connectivity index (χ0) is 18.9. The van der Waals surface area contributed by atoms with Crippen molar-refractivity contribution in [3.05, 3.63) is 71.2 Å². The summed E-state index contributed by atoms with van der Waals surface area (Å²) < 4.78 is 32.6. The van der Waals surface area contributed by atoms with Crippen molar-refractivity contribution in [3.63, 3.8) is 0 Å². The number of hydrogen-bond acceptors (Lipinski definition) is 4. The van der Waals surface area contributed by atoms with Gasteiger partial charge in [0, 0.05) is 28.8 Å². The van der Waals surface area contributed by atoms with Gasteiger partial charge in [0.25, 0.3) is 0 Å². The van der Waals surface area contributed by atoms with E-state index in [-0.39, 0.29) is 15.4 Å². The van der Waals surface area contributed by atoms with Crippen molar-refractivity contribution in [2.75, 3.05) is 0 Å². The molecule has 1 unspecified atom stereocenters. The average Bonchev–Trinajstić information content (AvgIpc) is 2.90. The van der Waals surface area contributed by atoms with Gasteiger partial charge in [0.1, 0.15) is 21.9 Å². The van der Waals surface area contributed by atoms with Gasteiger partial charge in [0.2, 0.25) is 9.71 Å². The highest BCUT2D eigenvalue weighted by atomic mass is 32.2. The fraction of sp³-hybridized carbons (Fsp3) is 0.150. The van der Waals surface area contributed by atoms with E-state index >= 15 is 0 Å². The molecule has 4 nitrogen and oxygen atoms in total. The number of hydrogen-bond donors (Lipinski definition) is 0.